The quantitative estimate of drug-likeness (QED) is 0.193. The van der Waals surface area contributed by atoms with Gasteiger partial charge in [-0.3, -0.25) is 0 Å². The number of aryl methyl sites for hydroxylation is 2. The molecule has 0 bridgehead atoms. The molecule has 0 aromatic heterocycles. The lowest BCUT2D eigenvalue weighted by Crippen LogP contribution is -2.12. The molecule has 0 aliphatic heterocycles. The number of para-hydroxylation sites is 1. The molecule has 204 valence electrons. The summed E-state index contributed by atoms with van der Waals surface area (Å²) in [6.45, 7) is 14.6. The van der Waals surface area contributed by atoms with Crippen molar-refractivity contribution in [3.63, 3.8) is 0 Å². The maximum Gasteiger partial charge on any atom is 0.131 e. The van der Waals surface area contributed by atoms with Gasteiger partial charge in [-0.15, -0.1) is 0 Å². The molecule has 4 rings (SSSR count). The zero-order valence-corrected chi connectivity index (χ0v) is 24.3. The van der Waals surface area contributed by atoms with Gasteiger partial charge < -0.3 is 15.2 Å². The number of anilines is 1. The molecule has 0 unspecified atom stereocenters. The SMILES string of the molecule is CCc1ccc(OCCCNc2c(C(C)C)cccc2C(C)C)c(-c2cc(C)cc(-c3ccccc3)c2O)c1. The number of nitrogens with one attached hydrogen (secondary N) is 1. The lowest BCUT2D eigenvalue weighted by molar-refractivity contribution is 0.316. The van der Waals surface area contributed by atoms with E-state index in [9.17, 15) is 5.11 Å². The molecule has 0 saturated heterocycles. The first-order chi connectivity index (χ1) is 18.8. The van der Waals surface area contributed by atoms with E-state index in [4.69, 9.17) is 4.74 Å². The maximum atomic E-state index is 11.4. The van der Waals surface area contributed by atoms with Crippen LogP contribution in [0.3, 0.4) is 0 Å². The van der Waals surface area contributed by atoms with E-state index in [0.717, 1.165) is 53.0 Å². The average molecular weight is 522 g/mol. The van der Waals surface area contributed by atoms with Crippen molar-refractivity contribution in [2.45, 2.75) is 66.2 Å². The molecule has 4 aromatic carbocycles. The second-order valence-corrected chi connectivity index (χ2v) is 11.0. The van der Waals surface area contributed by atoms with Crippen molar-refractivity contribution in [2.24, 2.45) is 0 Å². The van der Waals surface area contributed by atoms with E-state index in [0.29, 0.717) is 18.4 Å². The molecule has 0 atom stereocenters. The van der Waals surface area contributed by atoms with Gasteiger partial charge in [0.25, 0.3) is 0 Å². The molecular weight excluding hydrogens is 478 g/mol. The fourth-order valence-corrected chi connectivity index (χ4v) is 5.18. The Balaban J connectivity index is 1.54. The first-order valence-electron chi connectivity index (χ1n) is 14.3. The fraction of sp³-hybridized carbons (Fsp3) is 0.333. The Morgan fingerprint density at radius 3 is 2.08 bits per heavy atom. The van der Waals surface area contributed by atoms with Gasteiger partial charge in [-0.1, -0.05) is 89.2 Å². The van der Waals surface area contributed by atoms with Crippen molar-refractivity contribution in [1.82, 2.24) is 0 Å². The van der Waals surface area contributed by atoms with Gasteiger partial charge >= 0.3 is 0 Å². The molecule has 39 heavy (non-hydrogen) atoms. The summed E-state index contributed by atoms with van der Waals surface area (Å²) in [7, 11) is 0. The third-order valence-corrected chi connectivity index (χ3v) is 7.33. The number of ether oxygens (including phenoxy) is 1. The van der Waals surface area contributed by atoms with Crippen LogP contribution in [-0.2, 0) is 6.42 Å². The highest BCUT2D eigenvalue weighted by Crippen LogP contribution is 2.43. The minimum absolute atomic E-state index is 0.290. The number of benzene rings is 4. The summed E-state index contributed by atoms with van der Waals surface area (Å²) >= 11 is 0. The summed E-state index contributed by atoms with van der Waals surface area (Å²) in [6, 6.07) is 27.1. The number of phenolic OH excluding ortho intramolecular Hbond substituents is 1. The largest absolute Gasteiger partial charge is 0.507 e. The molecule has 2 N–H and O–H groups in total. The van der Waals surface area contributed by atoms with Gasteiger partial charge in [0.15, 0.2) is 0 Å². The Hall–Kier alpha value is -3.72. The summed E-state index contributed by atoms with van der Waals surface area (Å²) in [5.41, 5.74) is 9.91. The van der Waals surface area contributed by atoms with Crippen LogP contribution >= 0.6 is 0 Å². The molecule has 0 spiro atoms. The van der Waals surface area contributed by atoms with Crippen LogP contribution in [0.1, 0.15) is 75.1 Å². The van der Waals surface area contributed by atoms with E-state index in [-0.39, 0.29) is 5.75 Å². The molecular formula is C36H43NO2. The van der Waals surface area contributed by atoms with E-state index in [1.165, 1.54) is 22.4 Å². The molecule has 3 nitrogen and oxygen atoms in total. The fourth-order valence-electron chi connectivity index (χ4n) is 5.18. The predicted molar refractivity (Wildman–Crippen MR) is 166 cm³/mol. The maximum absolute atomic E-state index is 11.4. The van der Waals surface area contributed by atoms with Crippen LogP contribution in [0.15, 0.2) is 78.9 Å². The van der Waals surface area contributed by atoms with Gasteiger partial charge in [0.2, 0.25) is 0 Å². The second kappa shape index (κ2) is 12.9. The molecule has 4 aromatic rings. The summed E-state index contributed by atoms with van der Waals surface area (Å²) in [6.07, 6.45) is 1.79. The van der Waals surface area contributed by atoms with Gasteiger partial charge in [-0.2, -0.15) is 0 Å². The standard InChI is InChI=1S/C36H43NO2/c1-7-27-17-18-34(39-20-12-19-37-35-29(24(2)3)15-11-16-30(35)25(4)5)32(23-27)33-22-26(6)21-31(36(33)38)28-13-9-8-10-14-28/h8-11,13-18,21-25,37-38H,7,12,19-20H2,1-6H3. The highest BCUT2D eigenvalue weighted by atomic mass is 16.5. The first-order valence-corrected chi connectivity index (χ1v) is 14.3. The van der Waals surface area contributed by atoms with Crippen molar-refractivity contribution in [2.75, 3.05) is 18.5 Å². The van der Waals surface area contributed by atoms with E-state index >= 15 is 0 Å². The molecule has 0 aliphatic rings. The van der Waals surface area contributed by atoms with Gasteiger partial charge in [0, 0.05) is 28.9 Å². The van der Waals surface area contributed by atoms with Crippen LogP contribution in [0.25, 0.3) is 22.3 Å². The molecule has 0 saturated carbocycles. The third kappa shape index (κ3) is 6.65. The molecule has 0 heterocycles. The molecule has 0 radical (unpaired) electrons. The number of hydrogen-bond acceptors (Lipinski definition) is 3. The minimum Gasteiger partial charge on any atom is -0.507 e. The van der Waals surface area contributed by atoms with Crippen molar-refractivity contribution in [3.05, 3.63) is 101 Å². The van der Waals surface area contributed by atoms with E-state index < -0.39 is 0 Å². The number of rotatable bonds is 11. The molecule has 3 heteroatoms. The van der Waals surface area contributed by atoms with Crippen LogP contribution in [-0.4, -0.2) is 18.3 Å². The summed E-state index contributed by atoms with van der Waals surface area (Å²) < 4.78 is 6.37. The Morgan fingerprint density at radius 1 is 0.769 bits per heavy atom. The monoisotopic (exact) mass is 521 g/mol. The summed E-state index contributed by atoms with van der Waals surface area (Å²) in [4.78, 5) is 0. The van der Waals surface area contributed by atoms with Crippen LogP contribution in [0.2, 0.25) is 0 Å². The smallest absolute Gasteiger partial charge is 0.131 e. The van der Waals surface area contributed by atoms with Crippen LogP contribution < -0.4 is 10.1 Å². The van der Waals surface area contributed by atoms with Gasteiger partial charge in [0.05, 0.1) is 6.61 Å². The highest BCUT2D eigenvalue weighted by molar-refractivity contribution is 5.85. The Kier molecular flexibility index (Phi) is 9.35. The summed E-state index contributed by atoms with van der Waals surface area (Å²) in [5.74, 6) is 2.02. The lowest BCUT2D eigenvalue weighted by Gasteiger charge is -2.21. The zero-order chi connectivity index (χ0) is 27.9. The Morgan fingerprint density at radius 2 is 1.44 bits per heavy atom. The van der Waals surface area contributed by atoms with Gasteiger partial charge in [0.1, 0.15) is 11.5 Å². The minimum atomic E-state index is 0.290. The zero-order valence-electron chi connectivity index (χ0n) is 24.3. The van der Waals surface area contributed by atoms with Crippen LogP contribution in [0.4, 0.5) is 5.69 Å². The third-order valence-electron chi connectivity index (χ3n) is 7.33. The van der Waals surface area contributed by atoms with Gasteiger partial charge in [-0.25, -0.2) is 0 Å². The Bertz CT molecular complexity index is 1360. The molecule has 0 amide bonds. The van der Waals surface area contributed by atoms with Crippen molar-refractivity contribution in [1.29, 1.82) is 0 Å². The molecule has 0 fully saturated rings. The predicted octanol–water partition coefficient (Wildman–Crippen LogP) is 9.72. The van der Waals surface area contributed by atoms with Crippen molar-refractivity contribution >= 4 is 5.69 Å². The van der Waals surface area contributed by atoms with Crippen molar-refractivity contribution in [3.8, 4) is 33.8 Å². The first kappa shape index (κ1) is 28.3. The van der Waals surface area contributed by atoms with Gasteiger partial charge in [-0.05, 0) is 83.7 Å². The second-order valence-electron chi connectivity index (χ2n) is 11.0. The van der Waals surface area contributed by atoms with E-state index in [1.54, 1.807) is 0 Å². The topological polar surface area (TPSA) is 41.5 Å². The van der Waals surface area contributed by atoms with Crippen LogP contribution in [0, 0.1) is 6.92 Å². The normalized spacial score (nSPS) is 11.3. The van der Waals surface area contributed by atoms with E-state index in [2.05, 4.69) is 89.3 Å². The van der Waals surface area contributed by atoms with Crippen LogP contribution in [0.5, 0.6) is 11.5 Å². The number of aromatic hydroxyl groups is 1. The lowest BCUT2D eigenvalue weighted by atomic mass is 9.92. The van der Waals surface area contributed by atoms with E-state index in [1.807, 2.05) is 36.4 Å². The number of hydrogen-bond donors (Lipinski definition) is 2. The average Bonchev–Trinajstić information content (AvgIpc) is 2.94. The Labute approximate surface area is 234 Å². The highest BCUT2D eigenvalue weighted by Gasteiger charge is 2.17. The molecule has 0 aliphatic carbocycles. The number of phenols is 1. The van der Waals surface area contributed by atoms with Crippen molar-refractivity contribution < 1.29 is 9.84 Å². The summed E-state index contributed by atoms with van der Waals surface area (Å²) in [5, 5.41) is 15.1.